The van der Waals surface area contributed by atoms with E-state index in [1.54, 1.807) is 10.6 Å². The number of imidazole rings is 1. The Morgan fingerprint density at radius 1 is 1.24 bits per heavy atom. The minimum Gasteiger partial charge on any atom is -0.475 e. The average Bonchev–Trinajstić information content (AvgIpc) is 3.21. The second kappa shape index (κ2) is 9.93. The van der Waals surface area contributed by atoms with Crippen LogP contribution >= 0.6 is 0 Å². The second-order valence-corrected chi connectivity index (χ2v) is 9.69. The lowest BCUT2D eigenvalue weighted by Gasteiger charge is -2.32. The molecule has 11 heteroatoms. The number of carboxylic acid groups (broad SMARTS) is 1. The molecule has 3 aromatic rings. The lowest BCUT2D eigenvalue weighted by molar-refractivity contribution is -0.137. The Bertz CT molecular complexity index is 1490. The zero-order valence-electron chi connectivity index (χ0n) is 20.6. The number of benzene rings is 1. The molecule has 0 amide bonds. The fraction of sp³-hybridized carbons (Fsp3) is 0.370. The molecule has 1 atom stereocenters. The molecule has 2 heterocycles. The number of nitriles is 1. The van der Waals surface area contributed by atoms with Crippen molar-refractivity contribution in [2.45, 2.75) is 57.8 Å². The predicted molar refractivity (Wildman–Crippen MR) is 134 cm³/mol. The van der Waals surface area contributed by atoms with Gasteiger partial charge in [0, 0.05) is 23.7 Å². The molecule has 1 aromatic carbocycles. The van der Waals surface area contributed by atoms with Crippen molar-refractivity contribution in [2.75, 3.05) is 5.32 Å². The van der Waals surface area contributed by atoms with Gasteiger partial charge in [-0.25, -0.2) is 19.7 Å². The van der Waals surface area contributed by atoms with Crippen LogP contribution in [0, 0.1) is 17.2 Å². The van der Waals surface area contributed by atoms with E-state index in [1.807, 2.05) is 13.0 Å². The molecule has 0 radical (unpaired) electrons. The first kappa shape index (κ1) is 25.4. The van der Waals surface area contributed by atoms with E-state index in [0.717, 1.165) is 31.4 Å². The van der Waals surface area contributed by atoms with Gasteiger partial charge in [0.2, 0.25) is 5.82 Å². The Morgan fingerprint density at radius 2 is 1.97 bits per heavy atom. The third-order valence-electron chi connectivity index (χ3n) is 7.15. The summed E-state index contributed by atoms with van der Waals surface area (Å²) in [5.74, 6) is -0.547. The number of rotatable bonds is 7. The van der Waals surface area contributed by atoms with Crippen molar-refractivity contribution in [3.8, 4) is 6.07 Å². The summed E-state index contributed by atoms with van der Waals surface area (Å²) in [5, 5.41) is 22.5. The van der Waals surface area contributed by atoms with E-state index < -0.39 is 23.5 Å². The first-order valence-electron chi connectivity index (χ1n) is 12.4. The third kappa shape index (κ3) is 4.98. The molecule has 1 fully saturated rings. The molecular weight excluding hydrogens is 497 g/mol. The number of carboxylic acids is 1. The molecule has 0 unspecified atom stereocenters. The van der Waals surface area contributed by atoms with Crippen molar-refractivity contribution in [1.82, 2.24) is 19.5 Å². The van der Waals surface area contributed by atoms with E-state index in [0.29, 0.717) is 52.6 Å². The number of hydrogen-bond acceptors (Lipinski definition) is 6. The molecule has 8 nitrogen and oxygen atoms in total. The first-order valence-corrected chi connectivity index (χ1v) is 12.4. The average molecular weight is 523 g/mol. The topological polar surface area (TPSA) is 117 Å². The number of carbonyl (C=O) groups is 1. The number of anilines is 1. The predicted octanol–water partition coefficient (Wildman–Crippen LogP) is 5.82. The first-order chi connectivity index (χ1) is 18.1. The van der Waals surface area contributed by atoms with E-state index in [1.165, 1.54) is 12.1 Å². The van der Waals surface area contributed by atoms with Crippen molar-refractivity contribution in [2.24, 2.45) is 5.92 Å². The highest BCUT2D eigenvalue weighted by Gasteiger charge is 2.31. The van der Waals surface area contributed by atoms with Crippen LogP contribution < -0.4 is 5.32 Å². The summed E-state index contributed by atoms with van der Waals surface area (Å²) < 4.78 is 41.2. The molecular formula is C27H25F3N6O2. The smallest absolute Gasteiger partial charge is 0.416 e. The van der Waals surface area contributed by atoms with Crippen molar-refractivity contribution in [1.29, 1.82) is 5.26 Å². The highest BCUT2D eigenvalue weighted by atomic mass is 19.4. The van der Waals surface area contributed by atoms with Crippen LogP contribution in [0.2, 0.25) is 0 Å². The van der Waals surface area contributed by atoms with Gasteiger partial charge in [0.15, 0.2) is 11.5 Å². The van der Waals surface area contributed by atoms with Crippen molar-refractivity contribution in [3.05, 3.63) is 64.8 Å². The Morgan fingerprint density at radius 3 is 2.58 bits per heavy atom. The highest BCUT2D eigenvalue weighted by molar-refractivity contribution is 5.92. The van der Waals surface area contributed by atoms with E-state index in [-0.39, 0.29) is 18.2 Å². The standard InChI is InChI=1S/C27H25F3N6O2/c1-15(18-5-3-6-18)32-22-21-23(34-24(33-22)26(37)38)35-25(19-7-2-4-17(12-19)13-31)36(21)14-16-8-10-20(11-9-16)27(28,29)30/h7-12,15,18H,2-6,14H2,1H3,(H,37,38)(H,32,33,34)/t15-/m1/s1. The van der Waals surface area contributed by atoms with Crippen LogP contribution in [-0.4, -0.2) is 36.6 Å². The van der Waals surface area contributed by atoms with Crippen molar-refractivity contribution >= 4 is 28.5 Å². The molecule has 38 heavy (non-hydrogen) atoms. The van der Waals surface area contributed by atoms with E-state index in [9.17, 15) is 28.3 Å². The number of halogens is 3. The van der Waals surface area contributed by atoms with Gasteiger partial charge >= 0.3 is 12.1 Å². The van der Waals surface area contributed by atoms with Gasteiger partial charge in [-0.3, -0.25) is 0 Å². The SMILES string of the molecule is C[C@@H](Nc1nc(C(=O)O)nc2nc(C3=CCCC(C#N)=C3)n(Cc3ccc(C(F)(F)F)cc3)c12)C1CCC1. The molecule has 2 aliphatic carbocycles. The van der Waals surface area contributed by atoms with Crippen molar-refractivity contribution < 1.29 is 23.1 Å². The van der Waals surface area contributed by atoms with Gasteiger partial charge in [-0.05, 0) is 62.3 Å². The zero-order chi connectivity index (χ0) is 27.0. The molecule has 0 aliphatic heterocycles. The Labute approximate surface area is 216 Å². The largest absolute Gasteiger partial charge is 0.475 e. The minimum absolute atomic E-state index is 0.0142. The van der Waals surface area contributed by atoms with Crippen LogP contribution in [-0.2, 0) is 12.7 Å². The van der Waals surface area contributed by atoms with Gasteiger partial charge in [-0.1, -0.05) is 24.6 Å². The van der Waals surface area contributed by atoms with E-state index >= 15 is 0 Å². The maximum Gasteiger partial charge on any atom is 0.416 e. The van der Waals surface area contributed by atoms with Crippen LogP contribution in [0.1, 0.15) is 66.6 Å². The fourth-order valence-corrected chi connectivity index (χ4v) is 4.81. The Balaban J connectivity index is 1.67. The van der Waals surface area contributed by atoms with Gasteiger partial charge < -0.3 is 15.0 Å². The van der Waals surface area contributed by atoms with Crippen LogP contribution in [0.15, 0.2) is 42.0 Å². The number of aromatic carboxylic acids is 1. The number of nitrogens with one attached hydrogen (secondary N) is 1. The maximum atomic E-state index is 13.1. The lowest BCUT2D eigenvalue weighted by Crippen LogP contribution is -2.31. The van der Waals surface area contributed by atoms with Crippen LogP contribution in [0.25, 0.3) is 16.7 Å². The molecule has 1 saturated carbocycles. The fourth-order valence-electron chi connectivity index (χ4n) is 4.81. The van der Waals surface area contributed by atoms with Crippen LogP contribution in [0.3, 0.4) is 0 Å². The number of allylic oxidation sites excluding steroid dienone is 4. The number of hydrogen-bond donors (Lipinski definition) is 2. The van der Waals surface area contributed by atoms with Gasteiger partial charge in [0.05, 0.1) is 11.6 Å². The summed E-state index contributed by atoms with van der Waals surface area (Å²) >= 11 is 0. The van der Waals surface area contributed by atoms with Gasteiger partial charge in [-0.2, -0.15) is 18.4 Å². The lowest BCUT2D eigenvalue weighted by atomic mass is 9.80. The molecule has 2 N–H and O–H groups in total. The number of fused-ring (bicyclic) bond motifs is 1. The molecule has 196 valence electrons. The molecule has 0 bridgehead atoms. The van der Waals surface area contributed by atoms with Crippen LogP contribution in [0.4, 0.5) is 19.0 Å². The summed E-state index contributed by atoms with van der Waals surface area (Å²) in [7, 11) is 0. The normalized spacial score (nSPS) is 16.8. The number of nitrogens with zero attached hydrogens (tertiary/aromatic N) is 5. The molecule has 2 aliphatic rings. The van der Waals surface area contributed by atoms with Gasteiger partial charge in [0.1, 0.15) is 11.3 Å². The quantitative estimate of drug-likeness (QED) is 0.402. The number of aromatic nitrogens is 4. The number of alkyl halides is 3. The highest BCUT2D eigenvalue weighted by Crippen LogP contribution is 2.35. The summed E-state index contributed by atoms with van der Waals surface area (Å²) in [6.45, 7) is 2.15. The van der Waals surface area contributed by atoms with Crippen molar-refractivity contribution in [3.63, 3.8) is 0 Å². The Kier molecular flexibility index (Phi) is 6.65. The summed E-state index contributed by atoms with van der Waals surface area (Å²) in [6, 6.07) is 7.05. The summed E-state index contributed by atoms with van der Waals surface area (Å²) in [6.07, 6.45) is 3.66. The van der Waals surface area contributed by atoms with Gasteiger partial charge in [0.25, 0.3) is 0 Å². The van der Waals surface area contributed by atoms with Crippen LogP contribution in [0.5, 0.6) is 0 Å². The molecule has 0 saturated heterocycles. The summed E-state index contributed by atoms with van der Waals surface area (Å²) in [4.78, 5) is 25.0. The third-order valence-corrected chi connectivity index (χ3v) is 7.15. The zero-order valence-corrected chi connectivity index (χ0v) is 20.6. The molecule has 2 aromatic heterocycles. The van der Waals surface area contributed by atoms with E-state index in [4.69, 9.17) is 0 Å². The van der Waals surface area contributed by atoms with Gasteiger partial charge in [-0.15, -0.1) is 0 Å². The molecule has 0 spiro atoms. The Hall–Kier alpha value is -4.20. The maximum absolute atomic E-state index is 13.1. The second-order valence-electron chi connectivity index (χ2n) is 9.69. The van der Waals surface area contributed by atoms with E-state index in [2.05, 4.69) is 26.3 Å². The monoisotopic (exact) mass is 522 g/mol. The molecule has 5 rings (SSSR count). The minimum atomic E-state index is -4.45. The summed E-state index contributed by atoms with van der Waals surface area (Å²) in [5.41, 5.74) is 1.67.